The number of fused-ring (bicyclic) bond motifs is 1. The number of benzene rings is 1. The van der Waals surface area contributed by atoms with E-state index in [4.69, 9.17) is 17.3 Å². The van der Waals surface area contributed by atoms with E-state index in [1.807, 2.05) is 12.1 Å². The Balaban J connectivity index is 2.34. The molecule has 1 aliphatic heterocycles. The van der Waals surface area contributed by atoms with Gasteiger partial charge in [-0.05, 0) is 51.3 Å². The standard InChI is InChI=1S/C14H21ClN2/c1-9(2)17-11(7-10(3)16)8-12-13(15)5-4-6-14(12)17/h4-6,9-11H,7-8,16H2,1-3H3. The van der Waals surface area contributed by atoms with Crippen LogP contribution in [-0.4, -0.2) is 18.1 Å². The van der Waals surface area contributed by atoms with E-state index in [2.05, 4.69) is 31.7 Å². The van der Waals surface area contributed by atoms with Crippen molar-refractivity contribution in [1.29, 1.82) is 0 Å². The molecule has 0 radical (unpaired) electrons. The second-order valence-corrected chi connectivity index (χ2v) is 5.72. The zero-order chi connectivity index (χ0) is 12.6. The Bertz CT molecular complexity index is 401. The highest BCUT2D eigenvalue weighted by atomic mass is 35.5. The highest BCUT2D eigenvalue weighted by molar-refractivity contribution is 6.31. The lowest BCUT2D eigenvalue weighted by atomic mass is 10.0. The van der Waals surface area contributed by atoms with E-state index in [-0.39, 0.29) is 6.04 Å². The molecule has 0 aromatic heterocycles. The molecule has 1 aromatic carbocycles. The number of hydrogen-bond acceptors (Lipinski definition) is 2. The van der Waals surface area contributed by atoms with Crippen molar-refractivity contribution in [2.24, 2.45) is 5.73 Å². The largest absolute Gasteiger partial charge is 0.365 e. The smallest absolute Gasteiger partial charge is 0.0459 e. The molecule has 0 aliphatic carbocycles. The third-order valence-electron chi connectivity index (χ3n) is 3.41. The summed E-state index contributed by atoms with van der Waals surface area (Å²) in [6.45, 7) is 6.53. The summed E-state index contributed by atoms with van der Waals surface area (Å²) in [7, 11) is 0. The van der Waals surface area contributed by atoms with Crippen LogP contribution < -0.4 is 10.6 Å². The minimum Gasteiger partial charge on any atom is -0.365 e. The number of anilines is 1. The van der Waals surface area contributed by atoms with Crippen molar-refractivity contribution in [2.75, 3.05) is 4.90 Å². The molecule has 3 heteroatoms. The zero-order valence-corrected chi connectivity index (χ0v) is 11.5. The second kappa shape index (κ2) is 4.87. The van der Waals surface area contributed by atoms with Crippen molar-refractivity contribution in [2.45, 2.75) is 51.7 Å². The molecule has 1 heterocycles. The lowest BCUT2D eigenvalue weighted by molar-refractivity contribution is 0.497. The molecule has 1 aliphatic rings. The van der Waals surface area contributed by atoms with Crippen LogP contribution >= 0.6 is 11.6 Å². The molecule has 0 saturated carbocycles. The van der Waals surface area contributed by atoms with Gasteiger partial charge in [0.25, 0.3) is 0 Å². The van der Waals surface area contributed by atoms with Gasteiger partial charge in [-0.3, -0.25) is 0 Å². The third-order valence-corrected chi connectivity index (χ3v) is 3.76. The topological polar surface area (TPSA) is 29.3 Å². The summed E-state index contributed by atoms with van der Waals surface area (Å²) in [5, 5.41) is 0.889. The molecule has 2 rings (SSSR count). The maximum absolute atomic E-state index is 6.28. The minimum absolute atomic E-state index is 0.231. The Morgan fingerprint density at radius 3 is 2.71 bits per heavy atom. The van der Waals surface area contributed by atoms with Gasteiger partial charge in [0, 0.05) is 28.8 Å². The summed E-state index contributed by atoms with van der Waals surface area (Å²) in [6, 6.07) is 7.39. The fourth-order valence-electron chi connectivity index (χ4n) is 2.85. The summed E-state index contributed by atoms with van der Waals surface area (Å²) in [4.78, 5) is 2.46. The van der Waals surface area contributed by atoms with Crippen molar-refractivity contribution in [3.63, 3.8) is 0 Å². The highest BCUT2D eigenvalue weighted by Gasteiger charge is 2.32. The number of hydrogen-bond donors (Lipinski definition) is 1. The first-order chi connectivity index (χ1) is 8.00. The van der Waals surface area contributed by atoms with Crippen LogP contribution in [0.5, 0.6) is 0 Å². The number of nitrogens with zero attached hydrogens (tertiary/aromatic N) is 1. The van der Waals surface area contributed by atoms with Crippen LogP contribution in [0.2, 0.25) is 5.02 Å². The van der Waals surface area contributed by atoms with Gasteiger partial charge in [0.1, 0.15) is 0 Å². The summed E-state index contributed by atoms with van der Waals surface area (Å²) in [6.07, 6.45) is 2.04. The highest BCUT2D eigenvalue weighted by Crippen LogP contribution is 2.39. The molecule has 2 nitrogen and oxygen atoms in total. The Labute approximate surface area is 109 Å². The van der Waals surface area contributed by atoms with Gasteiger partial charge in [-0.15, -0.1) is 0 Å². The normalized spacial score (nSPS) is 20.8. The van der Waals surface area contributed by atoms with Crippen LogP contribution in [0.25, 0.3) is 0 Å². The molecule has 0 bridgehead atoms. The van der Waals surface area contributed by atoms with Gasteiger partial charge in [0.15, 0.2) is 0 Å². The molecular weight excluding hydrogens is 232 g/mol. The summed E-state index contributed by atoms with van der Waals surface area (Å²) >= 11 is 6.28. The van der Waals surface area contributed by atoms with Gasteiger partial charge in [-0.2, -0.15) is 0 Å². The van der Waals surface area contributed by atoms with E-state index in [0.29, 0.717) is 12.1 Å². The minimum atomic E-state index is 0.231. The first-order valence-corrected chi connectivity index (χ1v) is 6.69. The lowest BCUT2D eigenvalue weighted by Crippen LogP contribution is -2.40. The molecule has 94 valence electrons. The molecule has 1 aromatic rings. The first kappa shape index (κ1) is 12.7. The number of nitrogens with two attached hydrogens (primary N) is 1. The van der Waals surface area contributed by atoms with Crippen molar-refractivity contribution in [3.8, 4) is 0 Å². The maximum Gasteiger partial charge on any atom is 0.0459 e. The lowest BCUT2D eigenvalue weighted by Gasteiger charge is -2.32. The van der Waals surface area contributed by atoms with Gasteiger partial charge >= 0.3 is 0 Å². The number of rotatable bonds is 3. The van der Waals surface area contributed by atoms with Crippen LogP contribution in [0.1, 0.15) is 32.8 Å². The first-order valence-electron chi connectivity index (χ1n) is 6.32. The van der Waals surface area contributed by atoms with E-state index in [1.165, 1.54) is 11.3 Å². The van der Waals surface area contributed by atoms with Crippen LogP contribution in [-0.2, 0) is 6.42 Å². The molecule has 17 heavy (non-hydrogen) atoms. The summed E-state index contributed by atoms with van der Waals surface area (Å²) in [5.74, 6) is 0. The Kier molecular flexibility index (Phi) is 3.64. The average molecular weight is 253 g/mol. The second-order valence-electron chi connectivity index (χ2n) is 5.31. The molecule has 0 saturated heterocycles. The quantitative estimate of drug-likeness (QED) is 0.895. The molecule has 0 amide bonds. The van der Waals surface area contributed by atoms with Gasteiger partial charge < -0.3 is 10.6 Å². The van der Waals surface area contributed by atoms with Gasteiger partial charge in [-0.1, -0.05) is 17.7 Å². The van der Waals surface area contributed by atoms with Crippen molar-refractivity contribution < 1.29 is 0 Å². The van der Waals surface area contributed by atoms with Crippen molar-refractivity contribution in [3.05, 3.63) is 28.8 Å². The van der Waals surface area contributed by atoms with Gasteiger partial charge in [0.05, 0.1) is 0 Å². The van der Waals surface area contributed by atoms with E-state index >= 15 is 0 Å². The molecule has 2 atom stereocenters. The van der Waals surface area contributed by atoms with Crippen LogP contribution in [0.4, 0.5) is 5.69 Å². The zero-order valence-electron chi connectivity index (χ0n) is 10.8. The van der Waals surface area contributed by atoms with Crippen molar-refractivity contribution >= 4 is 17.3 Å². The molecule has 0 spiro atoms. The van der Waals surface area contributed by atoms with E-state index in [0.717, 1.165) is 17.9 Å². The summed E-state index contributed by atoms with van der Waals surface area (Å²) < 4.78 is 0. The Hall–Kier alpha value is -0.730. The maximum atomic E-state index is 6.28. The van der Waals surface area contributed by atoms with Crippen LogP contribution in [0, 0.1) is 0 Å². The predicted molar refractivity (Wildman–Crippen MR) is 74.8 cm³/mol. The third kappa shape index (κ3) is 2.43. The van der Waals surface area contributed by atoms with Crippen LogP contribution in [0.3, 0.4) is 0 Å². The fourth-order valence-corrected chi connectivity index (χ4v) is 3.09. The fraction of sp³-hybridized carbons (Fsp3) is 0.571. The molecule has 0 fully saturated rings. The number of halogens is 1. The molecular formula is C14H21ClN2. The van der Waals surface area contributed by atoms with Gasteiger partial charge in [0.2, 0.25) is 0 Å². The monoisotopic (exact) mass is 252 g/mol. The summed E-state index contributed by atoms with van der Waals surface area (Å²) in [5.41, 5.74) is 8.52. The van der Waals surface area contributed by atoms with Crippen molar-refractivity contribution in [1.82, 2.24) is 0 Å². The Morgan fingerprint density at radius 2 is 2.12 bits per heavy atom. The molecule has 2 N–H and O–H groups in total. The van der Waals surface area contributed by atoms with E-state index in [9.17, 15) is 0 Å². The predicted octanol–water partition coefficient (Wildman–Crippen LogP) is 3.22. The van der Waals surface area contributed by atoms with Crippen LogP contribution in [0.15, 0.2) is 18.2 Å². The Morgan fingerprint density at radius 1 is 1.41 bits per heavy atom. The van der Waals surface area contributed by atoms with Gasteiger partial charge in [-0.25, -0.2) is 0 Å². The van der Waals surface area contributed by atoms with E-state index < -0.39 is 0 Å². The average Bonchev–Trinajstić information content (AvgIpc) is 2.56. The van der Waals surface area contributed by atoms with E-state index in [1.54, 1.807) is 0 Å². The SMILES string of the molecule is CC(N)CC1Cc2c(Cl)cccc2N1C(C)C. The molecule has 2 unspecified atom stereocenters.